The third-order valence-electron chi connectivity index (χ3n) is 4.09. The summed E-state index contributed by atoms with van der Waals surface area (Å²) in [5.41, 5.74) is 2.92. The van der Waals surface area contributed by atoms with E-state index in [0.29, 0.717) is 5.03 Å². The maximum atomic E-state index is 10.5. The van der Waals surface area contributed by atoms with Gasteiger partial charge in [-0.25, -0.2) is 4.48 Å². The van der Waals surface area contributed by atoms with Crippen molar-refractivity contribution in [3.63, 3.8) is 0 Å². The predicted octanol–water partition coefficient (Wildman–Crippen LogP) is 3.26. The van der Waals surface area contributed by atoms with Crippen molar-refractivity contribution in [3.05, 3.63) is 77.7 Å². The Bertz CT molecular complexity index is 737. The molecule has 3 nitrogen and oxygen atoms in total. The van der Waals surface area contributed by atoms with Gasteiger partial charge in [0.1, 0.15) is 11.9 Å². The first-order chi connectivity index (χ1) is 10.5. The number of aromatic nitrogens is 1. The summed E-state index contributed by atoms with van der Waals surface area (Å²) in [7, 11) is 1.95. The van der Waals surface area contributed by atoms with Crippen molar-refractivity contribution in [2.45, 2.75) is 13.2 Å². The van der Waals surface area contributed by atoms with Crippen LogP contribution in [0.25, 0.3) is 5.69 Å². The molecule has 1 N–H and O–H groups in total. The lowest BCUT2D eigenvalue weighted by Crippen LogP contribution is -2.51. The highest BCUT2D eigenvalue weighted by Gasteiger charge is 2.36. The van der Waals surface area contributed by atoms with Crippen LogP contribution in [0.1, 0.15) is 6.92 Å². The van der Waals surface area contributed by atoms with E-state index in [1.54, 1.807) is 6.08 Å². The van der Waals surface area contributed by atoms with E-state index in [9.17, 15) is 5.11 Å². The van der Waals surface area contributed by atoms with Crippen LogP contribution in [0.2, 0.25) is 0 Å². The lowest BCUT2D eigenvalue weighted by atomic mass is 10.1. The number of aliphatic hydroxyl groups excluding tert-OH is 1. The van der Waals surface area contributed by atoms with Gasteiger partial charge in [-0.05, 0) is 13.0 Å². The van der Waals surface area contributed by atoms with Crippen molar-refractivity contribution in [2.75, 3.05) is 7.05 Å². The minimum atomic E-state index is -0.627. The predicted molar refractivity (Wildman–Crippen MR) is 89.4 cm³/mol. The number of pyridine rings is 1. The number of aliphatic hydroxyl groups is 1. The number of quaternary nitrogens is 1. The Morgan fingerprint density at radius 2 is 1.73 bits per heavy atom. The minimum absolute atomic E-state index is 0.251. The molecule has 1 aliphatic rings. The first kappa shape index (κ1) is 15.0. The third kappa shape index (κ3) is 2.59. The van der Waals surface area contributed by atoms with Crippen LogP contribution in [-0.2, 0) is 0 Å². The molecule has 1 aromatic carbocycles. The van der Waals surface area contributed by atoms with E-state index in [0.717, 1.165) is 16.9 Å². The van der Waals surface area contributed by atoms with Crippen LogP contribution in [0.4, 0.5) is 5.69 Å². The second kappa shape index (κ2) is 5.69. The summed E-state index contributed by atoms with van der Waals surface area (Å²) in [5, 5.41) is 11.2. The van der Waals surface area contributed by atoms with Crippen LogP contribution in [0, 0.1) is 0 Å². The number of halogens is 1. The summed E-state index contributed by atoms with van der Waals surface area (Å²) in [5.74, 6) is 0. The zero-order chi connectivity index (χ0) is 15.7. The molecule has 0 saturated carbocycles. The smallest absolute Gasteiger partial charge is 0.222 e. The quantitative estimate of drug-likeness (QED) is 0.668. The monoisotopic (exact) mass is 314 g/mol. The number of hydrogen-bond acceptors (Lipinski definition) is 1. The number of likely N-dealkylation sites (N-methyl/N-ethyl adjacent to an activating group) is 1. The molecule has 0 fully saturated rings. The molecule has 0 spiro atoms. The molecule has 2 aromatic rings. The Labute approximate surface area is 135 Å². The van der Waals surface area contributed by atoms with Crippen LogP contribution in [-0.4, -0.2) is 18.4 Å². The Morgan fingerprint density at radius 1 is 1.09 bits per heavy atom. The van der Waals surface area contributed by atoms with Gasteiger partial charge in [0.25, 0.3) is 0 Å². The molecule has 3 rings (SSSR count). The van der Waals surface area contributed by atoms with Gasteiger partial charge in [0, 0.05) is 42.0 Å². The average Bonchev–Trinajstić information content (AvgIpc) is 2.53. The van der Waals surface area contributed by atoms with E-state index in [1.807, 2.05) is 79.6 Å². The van der Waals surface area contributed by atoms with E-state index in [-0.39, 0.29) is 4.48 Å². The number of nitrogens with zero attached hydrogens (tertiary/aromatic N) is 2. The summed E-state index contributed by atoms with van der Waals surface area (Å²) < 4.78 is 2.30. The van der Waals surface area contributed by atoms with Crippen molar-refractivity contribution in [1.29, 1.82) is 0 Å². The van der Waals surface area contributed by atoms with Crippen molar-refractivity contribution in [2.24, 2.45) is 0 Å². The zero-order valence-corrected chi connectivity index (χ0v) is 13.4. The number of allylic oxidation sites excluding steroid dienone is 2. The van der Waals surface area contributed by atoms with Gasteiger partial charge >= 0.3 is 0 Å². The summed E-state index contributed by atoms with van der Waals surface area (Å²) in [6.45, 7) is 1.89. The van der Waals surface area contributed by atoms with Gasteiger partial charge in [0.15, 0.2) is 12.4 Å². The Balaban J connectivity index is 1.98. The molecule has 0 bridgehead atoms. The molecule has 0 aliphatic carbocycles. The highest BCUT2D eigenvalue weighted by molar-refractivity contribution is 6.31. The van der Waals surface area contributed by atoms with E-state index in [4.69, 9.17) is 11.6 Å². The lowest BCUT2D eigenvalue weighted by molar-refractivity contribution is -0.595. The largest absolute Gasteiger partial charge is 0.341 e. The number of hydrogen-bond donors (Lipinski definition) is 1. The minimum Gasteiger partial charge on any atom is -0.341 e. The van der Waals surface area contributed by atoms with Gasteiger partial charge in [0.2, 0.25) is 11.9 Å². The van der Waals surface area contributed by atoms with E-state index >= 15 is 0 Å². The van der Waals surface area contributed by atoms with E-state index in [1.165, 1.54) is 0 Å². The molecule has 0 saturated heterocycles. The molecule has 2 unspecified atom stereocenters. The van der Waals surface area contributed by atoms with Crippen molar-refractivity contribution in [3.8, 4) is 5.69 Å². The molecular formula is C18H19ClN2O+2. The molecule has 1 aliphatic heterocycles. The fourth-order valence-corrected chi connectivity index (χ4v) is 3.19. The van der Waals surface area contributed by atoms with E-state index in [2.05, 4.69) is 0 Å². The van der Waals surface area contributed by atoms with Crippen LogP contribution in [0.5, 0.6) is 0 Å². The Hall–Kier alpha value is -1.94. The second-order valence-corrected chi connectivity index (χ2v) is 6.16. The lowest BCUT2D eigenvalue weighted by Gasteiger charge is -2.37. The molecule has 0 radical (unpaired) electrons. The Kier molecular flexibility index (Phi) is 3.87. The van der Waals surface area contributed by atoms with Crippen LogP contribution in [0.15, 0.2) is 77.7 Å². The highest BCUT2D eigenvalue weighted by Crippen LogP contribution is 2.33. The number of benzene rings is 1. The summed E-state index contributed by atoms with van der Waals surface area (Å²) in [6.07, 6.45) is 7.05. The molecule has 22 heavy (non-hydrogen) atoms. The highest BCUT2D eigenvalue weighted by atomic mass is 35.5. The van der Waals surface area contributed by atoms with Gasteiger partial charge < -0.3 is 5.11 Å². The van der Waals surface area contributed by atoms with Crippen LogP contribution >= 0.6 is 11.6 Å². The molecule has 2 atom stereocenters. The SMILES string of the molecule is CC1=CC(Cl)=C[N+](C)(c2ccc(-[n+]3ccccc3)cc2)C1O. The maximum absolute atomic E-state index is 10.5. The average molecular weight is 315 g/mol. The van der Waals surface area contributed by atoms with Gasteiger partial charge in [-0.1, -0.05) is 17.7 Å². The van der Waals surface area contributed by atoms with Gasteiger partial charge in [-0.2, -0.15) is 4.57 Å². The maximum Gasteiger partial charge on any atom is 0.222 e. The van der Waals surface area contributed by atoms with E-state index < -0.39 is 6.23 Å². The molecular weight excluding hydrogens is 296 g/mol. The van der Waals surface area contributed by atoms with Crippen molar-refractivity contribution >= 4 is 17.3 Å². The molecule has 2 heterocycles. The summed E-state index contributed by atoms with van der Waals surface area (Å²) in [4.78, 5) is 0. The molecule has 4 heteroatoms. The van der Waals surface area contributed by atoms with Gasteiger partial charge in [-0.3, -0.25) is 0 Å². The van der Waals surface area contributed by atoms with Crippen LogP contribution < -0.4 is 9.05 Å². The number of rotatable bonds is 2. The first-order valence-corrected chi connectivity index (χ1v) is 7.56. The zero-order valence-electron chi connectivity index (χ0n) is 12.6. The molecule has 112 valence electrons. The summed E-state index contributed by atoms with van der Waals surface area (Å²) >= 11 is 6.19. The fraction of sp³-hybridized carbons (Fsp3) is 0.167. The van der Waals surface area contributed by atoms with Crippen molar-refractivity contribution in [1.82, 2.24) is 4.48 Å². The first-order valence-electron chi connectivity index (χ1n) is 7.18. The van der Waals surface area contributed by atoms with Gasteiger partial charge in [0.05, 0.1) is 12.1 Å². The normalized spacial score (nSPS) is 24.6. The second-order valence-electron chi connectivity index (χ2n) is 5.72. The summed E-state index contributed by atoms with van der Waals surface area (Å²) in [6, 6.07) is 14.1. The topological polar surface area (TPSA) is 24.1 Å². The van der Waals surface area contributed by atoms with Gasteiger partial charge in [-0.15, -0.1) is 0 Å². The fourth-order valence-electron chi connectivity index (χ4n) is 2.81. The third-order valence-corrected chi connectivity index (χ3v) is 4.30. The molecule has 0 amide bonds. The van der Waals surface area contributed by atoms with Crippen molar-refractivity contribution < 1.29 is 9.67 Å². The Morgan fingerprint density at radius 3 is 2.36 bits per heavy atom. The standard InChI is InChI=1S/C18H19ClN2O/c1-14-12-15(19)13-21(2,18(14)22)17-8-6-16(7-9-17)20-10-4-3-5-11-20/h3-13,18,22H,1-2H3/q+2. The van der Waals surface area contributed by atoms with Crippen LogP contribution in [0.3, 0.4) is 0 Å². The molecule has 1 aromatic heterocycles.